The molecule has 2 aromatic rings. The number of esters is 1. The number of pyridine rings is 1. The van der Waals surface area contributed by atoms with E-state index in [-0.39, 0.29) is 12.6 Å². The van der Waals surface area contributed by atoms with E-state index in [1.54, 1.807) is 12.1 Å². The Bertz CT molecular complexity index is 1160. The first-order valence-corrected chi connectivity index (χ1v) is 11.5. The number of rotatable bonds is 7. The van der Waals surface area contributed by atoms with Crippen LogP contribution in [0.2, 0.25) is 0 Å². The zero-order valence-corrected chi connectivity index (χ0v) is 19.3. The first-order chi connectivity index (χ1) is 16.4. The van der Waals surface area contributed by atoms with Crippen LogP contribution in [0.4, 0.5) is 0 Å². The minimum Gasteiger partial charge on any atom is -0.495 e. The molecule has 0 bridgehead atoms. The number of hydrogen-bond acceptors (Lipinski definition) is 9. The lowest BCUT2D eigenvalue weighted by molar-refractivity contribution is 0.00529. The van der Waals surface area contributed by atoms with Crippen LogP contribution >= 0.6 is 0 Å². The third kappa shape index (κ3) is 3.93. The van der Waals surface area contributed by atoms with Crippen LogP contribution in [0.15, 0.2) is 24.4 Å². The lowest BCUT2D eigenvalue weighted by Gasteiger charge is -2.44. The molecule has 0 radical (unpaired) electrons. The zero-order chi connectivity index (χ0) is 24.0. The number of carbonyl (C=O) groups excluding carboxylic acids is 1. The number of fused-ring (bicyclic) bond motifs is 2. The molecule has 5 rings (SSSR count). The Hall–Kier alpha value is -3.03. The summed E-state index contributed by atoms with van der Waals surface area (Å²) < 4.78 is 10.4. The van der Waals surface area contributed by atoms with Crippen LogP contribution in [0, 0.1) is 24.2 Å². The predicted octanol–water partition coefficient (Wildman–Crippen LogP) is 1.32. The first kappa shape index (κ1) is 22.7. The highest BCUT2D eigenvalue weighted by Crippen LogP contribution is 2.36. The third-order valence-corrected chi connectivity index (χ3v) is 7.39. The quantitative estimate of drug-likeness (QED) is 0.585. The molecule has 34 heavy (non-hydrogen) atoms. The number of carbonyl (C=O) groups is 1. The average molecular weight is 465 g/mol. The Kier molecular flexibility index (Phi) is 6.00. The number of aliphatic hydroxyl groups is 2. The van der Waals surface area contributed by atoms with Gasteiger partial charge in [-0.2, -0.15) is 5.26 Å². The van der Waals surface area contributed by atoms with Crippen LogP contribution in [-0.4, -0.2) is 76.8 Å². The van der Waals surface area contributed by atoms with Crippen LogP contribution in [0.3, 0.4) is 0 Å². The van der Waals surface area contributed by atoms with Crippen molar-refractivity contribution in [1.29, 1.82) is 5.26 Å². The van der Waals surface area contributed by atoms with Gasteiger partial charge in [0.05, 0.1) is 24.5 Å². The summed E-state index contributed by atoms with van der Waals surface area (Å²) in [4.78, 5) is 20.5. The number of ether oxygens (including phenoxy) is 2. The van der Waals surface area contributed by atoms with Crippen LogP contribution < -0.4 is 4.74 Å². The summed E-state index contributed by atoms with van der Waals surface area (Å²) in [7, 11) is 1.49. The molecule has 0 aliphatic carbocycles. The summed E-state index contributed by atoms with van der Waals surface area (Å²) >= 11 is 0. The van der Waals surface area contributed by atoms with Crippen molar-refractivity contribution in [2.24, 2.45) is 5.92 Å². The topological polar surface area (TPSA) is 119 Å². The number of β-amino-alcohol motifs (C(OH)–C–C–N with tert-alkyl or cyclic N) is 2. The third-order valence-electron chi connectivity index (χ3n) is 7.39. The number of likely N-dealkylation sites (tertiary alicyclic amines) is 2. The average Bonchev–Trinajstić information content (AvgIpc) is 3.37. The number of benzene rings is 1. The molecule has 1 aromatic carbocycles. The monoisotopic (exact) mass is 464 g/mol. The van der Waals surface area contributed by atoms with Gasteiger partial charge in [-0.15, -0.1) is 0 Å². The van der Waals surface area contributed by atoms with Crippen molar-refractivity contribution in [2.75, 3.05) is 39.8 Å². The highest BCUT2D eigenvalue weighted by Gasteiger charge is 2.46. The lowest BCUT2D eigenvalue weighted by atomic mass is 9.90. The van der Waals surface area contributed by atoms with Crippen molar-refractivity contribution < 1.29 is 24.5 Å². The molecule has 3 aliphatic heterocycles. The Morgan fingerprint density at radius 3 is 2.85 bits per heavy atom. The normalized spacial score (nSPS) is 23.4. The number of nitrogens with zero attached hydrogens (tertiary/aromatic N) is 4. The molecular weight excluding hydrogens is 436 g/mol. The van der Waals surface area contributed by atoms with E-state index in [2.05, 4.69) is 14.8 Å². The van der Waals surface area contributed by atoms with Crippen LogP contribution in [0.5, 0.6) is 5.75 Å². The van der Waals surface area contributed by atoms with E-state index in [1.807, 2.05) is 19.1 Å². The molecule has 2 saturated heterocycles. The summed E-state index contributed by atoms with van der Waals surface area (Å²) in [5.74, 6) is 0.619. The van der Waals surface area contributed by atoms with Gasteiger partial charge in [0.15, 0.2) is 0 Å². The molecule has 178 valence electrons. The Balaban J connectivity index is 1.18. The maximum Gasteiger partial charge on any atom is 0.338 e. The van der Waals surface area contributed by atoms with Crippen molar-refractivity contribution in [3.05, 3.63) is 57.9 Å². The summed E-state index contributed by atoms with van der Waals surface area (Å²) in [5.41, 5.74) is 4.05. The fraction of sp³-hybridized carbons (Fsp3) is 0.480. The minimum absolute atomic E-state index is 0.270. The van der Waals surface area contributed by atoms with Crippen LogP contribution in [-0.2, 0) is 11.3 Å². The highest BCUT2D eigenvalue weighted by atomic mass is 16.5. The smallest absolute Gasteiger partial charge is 0.338 e. The molecule has 0 saturated carbocycles. The Morgan fingerprint density at radius 1 is 1.26 bits per heavy atom. The summed E-state index contributed by atoms with van der Waals surface area (Å²) in [6, 6.07) is 7.57. The molecule has 2 N–H and O–H groups in total. The van der Waals surface area contributed by atoms with Gasteiger partial charge in [-0.3, -0.25) is 14.8 Å². The molecule has 0 amide bonds. The fourth-order valence-corrected chi connectivity index (χ4v) is 5.47. The Morgan fingerprint density at radius 2 is 2.09 bits per heavy atom. The van der Waals surface area contributed by atoms with Gasteiger partial charge in [0, 0.05) is 62.5 Å². The van der Waals surface area contributed by atoms with Crippen molar-refractivity contribution in [3.63, 3.8) is 0 Å². The van der Waals surface area contributed by atoms with E-state index >= 15 is 0 Å². The van der Waals surface area contributed by atoms with Gasteiger partial charge >= 0.3 is 5.97 Å². The van der Waals surface area contributed by atoms with Gasteiger partial charge in [-0.25, -0.2) is 4.79 Å². The van der Waals surface area contributed by atoms with Crippen LogP contribution in [0.25, 0.3) is 0 Å². The summed E-state index contributed by atoms with van der Waals surface area (Å²) in [6.45, 7) is 5.79. The van der Waals surface area contributed by atoms with Gasteiger partial charge in [-0.1, -0.05) is 6.07 Å². The molecule has 2 fully saturated rings. The summed E-state index contributed by atoms with van der Waals surface area (Å²) in [5, 5.41) is 30.8. The van der Waals surface area contributed by atoms with Gasteiger partial charge in [0.1, 0.15) is 30.1 Å². The number of aromatic nitrogens is 1. The molecule has 3 aliphatic rings. The van der Waals surface area contributed by atoms with E-state index < -0.39 is 12.2 Å². The SMILES string of the molecule is COc1cc(C(O)CN2CC3CN(C[C@H](O)c4ccc5c(c4C)COC5=O)C3C2)ncc1C#N. The molecule has 1 aromatic heterocycles. The number of methoxy groups -OCH3 is 1. The van der Waals surface area contributed by atoms with Gasteiger partial charge in [0.2, 0.25) is 0 Å². The number of cyclic esters (lactones) is 1. The summed E-state index contributed by atoms with van der Waals surface area (Å²) in [6.07, 6.45) is 0.00560. The number of nitriles is 1. The predicted molar refractivity (Wildman–Crippen MR) is 121 cm³/mol. The molecule has 4 atom stereocenters. The van der Waals surface area contributed by atoms with Crippen LogP contribution in [0.1, 0.15) is 50.5 Å². The first-order valence-electron chi connectivity index (χ1n) is 11.5. The van der Waals surface area contributed by atoms with Gasteiger partial charge in [-0.05, 0) is 24.1 Å². The standard InChI is InChI=1S/C25H28N4O5/c1-14-17(3-4-18-19(14)13-34-25(18)32)22(30)12-29-9-16-8-28(10-21(16)29)11-23(31)20-5-24(33-2)15(6-26)7-27-20/h3-5,7,16,21-23,30-31H,8-13H2,1-2H3/t16?,21?,22-,23?/m0/s1. The molecule has 0 spiro atoms. The van der Waals surface area contributed by atoms with Crippen molar-refractivity contribution in [1.82, 2.24) is 14.8 Å². The Labute approximate surface area is 198 Å². The maximum atomic E-state index is 11.8. The molecule has 9 nitrogen and oxygen atoms in total. The van der Waals surface area contributed by atoms with E-state index in [0.717, 1.165) is 36.3 Å². The van der Waals surface area contributed by atoms with E-state index in [9.17, 15) is 15.0 Å². The van der Waals surface area contributed by atoms with E-state index in [0.29, 0.717) is 47.6 Å². The van der Waals surface area contributed by atoms with Gasteiger partial charge in [0.25, 0.3) is 0 Å². The number of hydrogen-bond donors (Lipinski definition) is 2. The van der Waals surface area contributed by atoms with Gasteiger partial charge < -0.3 is 19.7 Å². The molecular formula is C25H28N4O5. The highest BCUT2D eigenvalue weighted by molar-refractivity contribution is 5.93. The second-order valence-electron chi connectivity index (χ2n) is 9.33. The second-order valence-corrected chi connectivity index (χ2v) is 9.33. The van der Waals surface area contributed by atoms with Crippen molar-refractivity contribution >= 4 is 5.97 Å². The lowest BCUT2D eigenvalue weighted by Crippen LogP contribution is -2.56. The number of aliphatic hydroxyl groups excluding tert-OH is 2. The van der Waals surface area contributed by atoms with Crippen molar-refractivity contribution in [2.45, 2.75) is 31.8 Å². The van der Waals surface area contributed by atoms with E-state index in [4.69, 9.17) is 14.7 Å². The molecule has 4 heterocycles. The molecule has 3 unspecified atom stereocenters. The minimum atomic E-state index is -0.780. The van der Waals surface area contributed by atoms with E-state index in [1.165, 1.54) is 13.3 Å². The largest absolute Gasteiger partial charge is 0.495 e. The maximum absolute atomic E-state index is 11.8. The zero-order valence-electron chi connectivity index (χ0n) is 19.3. The van der Waals surface area contributed by atoms with Crippen molar-refractivity contribution in [3.8, 4) is 11.8 Å². The fourth-order valence-electron chi connectivity index (χ4n) is 5.47. The molecule has 9 heteroatoms. The second kappa shape index (κ2) is 8.96.